The zero-order valence-corrected chi connectivity index (χ0v) is 14.2. The molecule has 18 heavy (non-hydrogen) atoms. The Balaban J connectivity index is 2.67. The first kappa shape index (κ1) is 16.4. The second kappa shape index (κ2) is 6.71. The Hall–Kier alpha value is 0.390. The van der Waals surface area contributed by atoms with Gasteiger partial charge in [-0.3, -0.25) is 0 Å². The second-order valence-corrected chi connectivity index (χ2v) is 8.22. The minimum Gasteiger partial charge on any atom is -0.213 e. The van der Waals surface area contributed by atoms with Crippen molar-refractivity contribution in [2.24, 2.45) is 11.3 Å². The Morgan fingerprint density at radius 3 is 2.39 bits per heavy atom. The smallest absolute Gasteiger partial charge is 0.211 e. The van der Waals surface area contributed by atoms with Gasteiger partial charge in [0.25, 0.3) is 0 Å². The van der Waals surface area contributed by atoms with Crippen LogP contribution in [0.15, 0.2) is 0 Å². The molecule has 1 fully saturated rings. The molecule has 0 spiro atoms. The summed E-state index contributed by atoms with van der Waals surface area (Å²) < 4.78 is 24.9. The molecule has 108 valence electrons. The minimum atomic E-state index is -3.01. The lowest BCUT2D eigenvalue weighted by Crippen LogP contribution is -2.41. The van der Waals surface area contributed by atoms with Gasteiger partial charge in [-0.15, -0.1) is 0 Å². The summed E-state index contributed by atoms with van der Waals surface area (Å²) in [4.78, 5) is 0. The summed E-state index contributed by atoms with van der Waals surface area (Å²) in [6.45, 7) is 5.90. The molecule has 1 rings (SSSR count). The van der Waals surface area contributed by atoms with Crippen LogP contribution in [0.5, 0.6) is 0 Å². The van der Waals surface area contributed by atoms with Crippen LogP contribution >= 0.6 is 15.9 Å². The number of rotatable bonds is 6. The van der Waals surface area contributed by atoms with E-state index in [-0.39, 0.29) is 0 Å². The summed E-state index contributed by atoms with van der Waals surface area (Å²) in [7, 11) is -3.01. The molecule has 0 aromatic heterocycles. The van der Waals surface area contributed by atoms with Gasteiger partial charge in [-0.2, -0.15) is 0 Å². The Bertz CT molecular complexity index is 344. The van der Waals surface area contributed by atoms with Crippen LogP contribution in [0.3, 0.4) is 0 Å². The van der Waals surface area contributed by atoms with E-state index < -0.39 is 10.0 Å². The van der Waals surface area contributed by atoms with Crippen molar-refractivity contribution in [3.05, 3.63) is 0 Å². The average molecular weight is 340 g/mol. The molecule has 0 bridgehead atoms. The topological polar surface area (TPSA) is 37.4 Å². The van der Waals surface area contributed by atoms with Crippen molar-refractivity contribution < 1.29 is 8.42 Å². The van der Waals surface area contributed by atoms with Gasteiger partial charge in [-0.25, -0.2) is 12.7 Å². The number of halogens is 1. The summed E-state index contributed by atoms with van der Waals surface area (Å²) in [6.07, 6.45) is 6.95. The normalized spacial score (nSPS) is 23.2. The summed E-state index contributed by atoms with van der Waals surface area (Å²) in [5.74, 6) is 0.519. The van der Waals surface area contributed by atoms with E-state index in [1.54, 1.807) is 4.31 Å². The first-order chi connectivity index (χ1) is 8.37. The van der Waals surface area contributed by atoms with Crippen LogP contribution in [0.1, 0.15) is 46.0 Å². The average Bonchev–Trinajstić information content (AvgIpc) is 2.35. The highest BCUT2D eigenvalue weighted by Gasteiger charge is 2.33. The number of piperidine rings is 1. The predicted molar refractivity (Wildman–Crippen MR) is 80.6 cm³/mol. The molecule has 1 unspecified atom stereocenters. The Morgan fingerprint density at radius 1 is 1.33 bits per heavy atom. The van der Waals surface area contributed by atoms with Crippen LogP contribution in [-0.4, -0.2) is 37.4 Å². The fraction of sp³-hybridized carbons (Fsp3) is 1.00. The van der Waals surface area contributed by atoms with Crippen LogP contribution < -0.4 is 0 Å². The molecule has 1 heterocycles. The van der Waals surface area contributed by atoms with Gasteiger partial charge in [0, 0.05) is 18.4 Å². The van der Waals surface area contributed by atoms with Gasteiger partial charge >= 0.3 is 0 Å². The molecule has 1 saturated heterocycles. The van der Waals surface area contributed by atoms with Crippen LogP contribution in [0.4, 0.5) is 0 Å². The molecule has 0 radical (unpaired) electrons. The molecule has 5 heteroatoms. The lowest BCUT2D eigenvalue weighted by Gasteiger charge is -2.38. The summed E-state index contributed by atoms with van der Waals surface area (Å²) in [6, 6.07) is 0. The lowest BCUT2D eigenvalue weighted by molar-refractivity contribution is 0.172. The van der Waals surface area contributed by atoms with Gasteiger partial charge in [-0.05, 0) is 43.4 Å². The predicted octanol–water partition coefficient (Wildman–Crippen LogP) is 3.25. The van der Waals surface area contributed by atoms with E-state index in [4.69, 9.17) is 0 Å². The number of hydrogen-bond donors (Lipinski definition) is 0. The third-order valence-electron chi connectivity index (χ3n) is 4.46. The third-order valence-corrected chi connectivity index (χ3v) is 6.92. The second-order valence-electron chi connectivity index (χ2n) is 5.67. The molecular weight excluding hydrogens is 314 g/mol. The number of alkyl halides is 1. The third kappa shape index (κ3) is 4.20. The van der Waals surface area contributed by atoms with Crippen molar-refractivity contribution in [3.63, 3.8) is 0 Å². The minimum absolute atomic E-state index is 0.338. The van der Waals surface area contributed by atoms with E-state index in [2.05, 4.69) is 29.8 Å². The summed E-state index contributed by atoms with van der Waals surface area (Å²) in [5, 5.41) is 1.02. The van der Waals surface area contributed by atoms with Gasteiger partial charge in [0.15, 0.2) is 0 Å². The molecule has 0 aromatic rings. The van der Waals surface area contributed by atoms with Crippen molar-refractivity contribution in [1.82, 2.24) is 4.31 Å². The zero-order chi connectivity index (χ0) is 13.8. The largest absolute Gasteiger partial charge is 0.213 e. The standard InChI is InChI=1S/C13H26BrNO2S/c1-4-13(5-2,11-14)9-12-7-6-8-15(10-12)18(3,16)17/h12H,4-11H2,1-3H3. The number of sulfonamides is 1. The Labute approximate surface area is 121 Å². The SMILES string of the molecule is CCC(CC)(CBr)CC1CCCN(S(C)(=O)=O)C1. The maximum Gasteiger partial charge on any atom is 0.211 e. The first-order valence-electron chi connectivity index (χ1n) is 6.88. The van der Waals surface area contributed by atoms with E-state index in [1.165, 1.54) is 12.7 Å². The summed E-state index contributed by atoms with van der Waals surface area (Å²) in [5.41, 5.74) is 0.338. The Kier molecular flexibility index (Phi) is 6.13. The number of nitrogens with zero attached hydrogens (tertiary/aromatic N) is 1. The zero-order valence-electron chi connectivity index (χ0n) is 11.8. The van der Waals surface area contributed by atoms with E-state index in [1.807, 2.05) is 0 Å². The van der Waals surface area contributed by atoms with Gasteiger partial charge in [0.2, 0.25) is 10.0 Å². The fourth-order valence-electron chi connectivity index (χ4n) is 2.89. The van der Waals surface area contributed by atoms with Crippen molar-refractivity contribution in [1.29, 1.82) is 0 Å². The maximum atomic E-state index is 11.6. The molecule has 0 amide bonds. The number of hydrogen-bond acceptors (Lipinski definition) is 2. The van der Waals surface area contributed by atoms with Crippen LogP contribution in [-0.2, 0) is 10.0 Å². The monoisotopic (exact) mass is 339 g/mol. The van der Waals surface area contributed by atoms with Crippen molar-refractivity contribution in [2.45, 2.75) is 46.0 Å². The van der Waals surface area contributed by atoms with E-state index in [9.17, 15) is 8.42 Å². The highest BCUT2D eigenvalue weighted by Crippen LogP contribution is 2.38. The van der Waals surface area contributed by atoms with Crippen LogP contribution in [0.2, 0.25) is 0 Å². The lowest BCUT2D eigenvalue weighted by atomic mass is 9.75. The van der Waals surface area contributed by atoms with E-state index >= 15 is 0 Å². The Morgan fingerprint density at radius 2 is 1.94 bits per heavy atom. The molecule has 1 aliphatic rings. The van der Waals surface area contributed by atoms with E-state index in [0.29, 0.717) is 24.4 Å². The van der Waals surface area contributed by atoms with Gasteiger partial charge in [0.05, 0.1) is 6.26 Å². The van der Waals surface area contributed by atoms with Crippen LogP contribution in [0.25, 0.3) is 0 Å². The molecule has 0 aliphatic carbocycles. The molecular formula is C13H26BrNO2S. The molecule has 0 aromatic carbocycles. The molecule has 1 aliphatic heterocycles. The maximum absolute atomic E-state index is 11.6. The van der Waals surface area contributed by atoms with Crippen molar-refractivity contribution in [2.75, 3.05) is 24.7 Å². The van der Waals surface area contributed by atoms with Gasteiger partial charge in [0.1, 0.15) is 0 Å². The van der Waals surface area contributed by atoms with Crippen molar-refractivity contribution in [3.8, 4) is 0 Å². The molecule has 3 nitrogen and oxygen atoms in total. The van der Waals surface area contributed by atoms with Crippen molar-refractivity contribution >= 4 is 26.0 Å². The van der Waals surface area contributed by atoms with E-state index in [0.717, 1.165) is 31.0 Å². The fourth-order valence-corrected chi connectivity index (χ4v) is 4.85. The highest BCUT2D eigenvalue weighted by molar-refractivity contribution is 9.09. The molecule has 1 atom stereocenters. The first-order valence-corrected chi connectivity index (χ1v) is 9.85. The van der Waals surface area contributed by atoms with Gasteiger partial charge in [-0.1, -0.05) is 29.8 Å². The van der Waals surface area contributed by atoms with Crippen LogP contribution in [0, 0.1) is 11.3 Å². The summed E-state index contributed by atoms with van der Waals surface area (Å²) >= 11 is 3.64. The molecule has 0 saturated carbocycles. The van der Waals surface area contributed by atoms with Gasteiger partial charge < -0.3 is 0 Å². The molecule has 0 N–H and O–H groups in total. The highest BCUT2D eigenvalue weighted by atomic mass is 79.9. The quantitative estimate of drug-likeness (QED) is 0.696.